The molecule has 0 aromatic carbocycles. The molecule has 6 nitrogen and oxygen atoms in total. The van der Waals surface area contributed by atoms with Crippen molar-refractivity contribution in [2.75, 3.05) is 0 Å². The first-order chi connectivity index (χ1) is 11.2. The summed E-state index contributed by atoms with van der Waals surface area (Å²) in [5, 5.41) is 2.91. The summed E-state index contributed by atoms with van der Waals surface area (Å²) in [7, 11) is 0. The van der Waals surface area contributed by atoms with Gasteiger partial charge in [0.25, 0.3) is 5.91 Å². The molecule has 0 radical (unpaired) electrons. The fourth-order valence-corrected chi connectivity index (χ4v) is 2.17. The van der Waals surface area contributed by atoms with E-state index in [9.17, 15) is 4.79 Å². The Morgan fingerprint density at radius 1 is 1.26 bits per heavy atom. The highest BCUT2D eigenvalue weighted by Crippen LogP contribution is 2.08. The lowest BCUT2D eigenvalue weighted by atomic mass is 10.2. The van der Waals surface area contributed by atoms with Crippen LogP contribution < -0.4 is 5.32 Å². The Labute approximate surface area is 133 Å². The van der Waals surface area contributed by atoms with Gasteiger partial charge in [-0.1, -0.05) is 12.1 Å². The molecule has 0 aliphatic carbocycles. The number of aromatic amines is 1. The molecule has 0 spiro atoms. The summed E-state index contributed by atoms with van der Waals surface area (Å²) >= 11 is 0. The van der Waals surface area contributed by atoms with E-state index in [0.717, 1.165) is 11.2 Å². The number of fused-ring (bicyclic) bond motifs is 1. The van der Waals surface area contributed by atoms with Crippen molar-refractivity contribution in [1.29, 1.82) is 0 Å². The second kappa shape index (κ2) is 6.83. The first-order valence-electron chi connectivity index (χ1n) is 7.41. The van der Waals surface area contributed by atoms with E-state index in [1.807, 2.05) is 43.3 Å². The molecule has 0 saturated carbocycles. The molecule has 1 atom stereocenters. The Morgan fingerprint density at radius 3 is 2.91 bits per heavy atom. The number of imidazole rings is 1. The van der Waals surface area contributed by atoms with Crippen LogP contribution in [0.1, 0.15) is 29.7 Å². The number of rotatable bonds is 5. The number of aromatic nitrogens is 4. The fraction of sp³-hybridized carbons (Fsp3) is 0.176. The first-order valence-corrected chi connectivity index (χ1v) is 7.41. The van der Waals surface area contributed by atoms with Crippen molar-refractivity contribution < 1.29 is 4.79 Å². The Balaban J connectivity index is 1.57. The summed E-state index contributed by atoms with van der Waals surface area (Å²) in [5.74, 6) is 0.0426. The van der Waals surface area contributed by atoms with Gasteiger partial charge in [-0.05, 0) is 43.7 Å². The molecule has 0 saturated heterocycles. The van der Waals surface area contributed by atoms with Gasteiger partial charge >= 0.3 is 0 Å². The van der Waals surface area contributed by atoms with Gasteiger partial charge < -0.3 is 10.3 Å². The van der Waals surface area contributed by atoms with Crippen LogP contribution in [-0.2, 0) is 0 Å². The smallest absolute Gasteiger partial charge is 0.287 e. The summed E-state index contributed by atoms with van der Waals surface area (Å²) in [6.07, 6.45) is 8.04. The molecule has 0 aliphatic rings. The van der Waals surface area contributed by atoms with Crippen molar-refractivity contribution >= 4 is 23.1 Å². The number of hydrogen-bond acceptors (Lipinski definition) is 4. The molecular weight excluding hydrogens is 290 g/mol. The minimum atomic E-state index is -0.235. The van der Waals surface area contributed by atoms with Crippen molar-refractivity contribution in [3.63, 3.8) is 0 Å². The summed E-state index contributed by atoms with van der Waals surface area (Å²) < 4.78 is 0. The predicted octanol–water partition coefficient (Wildman–Crippen LogP) is 2.57. The summed E-state index contributed by atoms with van der Waals surface area (Å²) in [4.78, 5) is 27.7. The highest BCUT2D eigenvalue weighted by molar-refractivity contribution is 5.93. The van der Waals surface area contributed by atoms with E-state index in [4.69, 9.17) is 0 Å². The third-order valence-corrected chi connectivity index (χ3v) is 3.32. The Hall–Kier alpha value is -3.02. The SMILES string of the molecule is C[C@@H](C/C=C/c1ccccn1)NC(=O)c1nc2ncccc2[nH]1. The fourth-order valence-electron chi connectivity index (χ4n) is 2.17. The molecular formula is C17H17N5O. The molecule has 6 heteroatoms. The van der Waals surface area contributed by atoms with E-state index in [2.05, 4.69) is 25.3 Å². The number of carbonyl (C=O) groups is 1. The molecule has 23 heavy (non-hydrogen) atoms. The van der Waals surface area contributed by atoms with Crippen LogP contribution in [0, 0.1) is 0 Å². The van der Waals surface area contributed by atoms with Gasteiger partial charge in [0.15, 0.2) is 11.5 Å². The van der Waals surface area contributed by atoms with Crippen LogP contribution >= 0.6 is 0 Å². The van der Waals surface area contributed by atoms with Gasteiger partial charge in [0.1, 0.15) is 0 Å². The normalized spacial score (nSPS) is 12.6. The van der Waals surface area contributed by atoms with E-state index in [-0.39, 0.29) is 17.8 Å². The highest BCUT2D eigenvalue weighted by atomic mass is 16.2. The maximum atomic E-state index is 12.2. The lowest BCUT2D eigenvalue weighted by Crippen LogP contribution is -2.32. The van der Waals surface area contributed by atoms with Gasteiger partial charge in [-0.2, -0.15) is 0 Å². The molecule has 116 valence electrons. The lowest BCUT2D eigenvalue weighted by molar-refractivity contribution is 0.0931. The van der Waals surface area contributed by atoms with Crippen molar-refractivity contribution in [3.05, 3.63) is 60.3 Å². The zero-order valence-electron chi connectivity index (χ0n) is 12.7. The summed E-state index contributed by atoms with van der Waals surface area (Å²) in [6, 6.07) is 9.37. The zero-order chi connectivity index (χ0) is 16.1. The van der Waals surface area contributed by atoms with E-state index in [1.165, 1.54) is 0 Å². The monoisotopic (exact) mass is 307 g/mol. The quantitative estimate of drug-likeness (QED) is 0.759. The van der Waals surface area contributed by atoms with Crippen molar-refractivity contribution in [2.24, 2.45) is 0 Å². The van der Waals surface area contributed by atoms with E-state index >= 15 is 0 Å². The second-order valence-corrected chi connectivity index (χ2v) is 5.23. The summed E-state index contributed by atoms with van der Waals surface area (Å²) in [6.45, 7) is 1.95. The average molecular weight is 307 g/mol. The van der Waals surface area contributed by atoms with Gasteiger partial charge in [0.05, 0.1) is 11.2 Å². The van der Waals surface area contributed by atoms with Gasteiger partial charge in [0, 0.05) is 18.4 Å². The van der Waals surface area contributed by atoms with Crippen LogP contribution in [0.3, 0.4) is 0 Å². The van der Waals surface area contributed by atoms with Gasteiger partial charge in [-0.25, -0.2) is 9.97 Å². The molecule has 3 heterocycles. The maximum Gasteiger partial charge on any atom is 0.287 e. The minimum absolute atomic E-state index is 0.0105. The van der Waals surface area contributed by atoms with Gasteiger partial charge in [-0.3, -0.25) is 9.78 Å². The second-order valence-electron chi connectivity index (χ2n) is 5.23. The topological polar surface area (TPSA) is 83.6 Å². The molecule has 3 rings (SSSR count). The number of pyridine rings is 2. The van der Waals surface area contributed by atoms with E-state index in [1.54, 1.807) is 18.5 Å². The minimum Gasteiger partial charge on any atom is -0.347 e. The third kappa shape index (κ3) is 3.79. The largest absolute Gasteiger partial charge is 0.347 e. The molecule has 0 fully saturated rings. The Bertz CT molecular complexity index is 792. The molecule has 0 aliphatic heterocycles. The molecule has 0 bridgehead atoms. The number of amides is 1. The molecule has 0 unspecified atom stereocenters. The number of hydrogen-bond donors (Lipinski definition) is 2. The first kappa shape index (κ1) is 14.9. The average Bonchev–Trinajstić information content (AvgIpc) is 3.00. The van der Waals surface area contributed by atoms with Crippen molar-refractivity contribution in [3.8, 4) is 0 Å². The van der Waals surface area contributed by atoms with Gasteiger partial charge in [-0.15, -0.1) is 0 Å². The number of nitrogens with one attached hydrogen (secondary N) is 2. The number of carbonyl (C=O) groups excluding carboxylic acids is 1. The Morgan fingerprint density at radius 2 is 2.13 bits per heavy atom. The van der Waals surface area contributed by atoms with Crippen LogP contribution in [0.15, 0.2) is 48.8 Å². The van der Waals surface area contributed by atoms with E-state index < -0.39 is 0 Å². The van der Waals surface area contributed by atoms with Crippen molar-refractivity contribution in [2.45, 2.75) is 19.4 Å². The molecule has 3 aromatic heterocycles. The summed E-state index contributed by atoms with van der Waals surface area (Å²) in [5.41, 5.74) is 2.19. The van der Waals surface area contributed by atoms with Crippen LogP contribution in [-0.4, -0.2) is 31.9 Å². The molecule has 1 amide bonds. The highest BCUT2D eigenvalue weighted by Gasteiger charge is 2.13. The van der Waals surface area contributed by atoms with E-state index in [0.29, 0.717) is 12.1 Å². The molecule has 3 aromatic rings. The molecule has 2 N–H and O–H groups in total. The Kier molecular flexibility index (Phi) is 4.42. The van der Waals surface area contributed by atoms with Crippen LogP contribution in [0.2, 0.25) is 0 Å². The van der Waals surface area contributed by atoms with Crippen LogP contribution in [0.25, 0.3) is 17.2 Å². The number of nitrogens with zero attached hydrogens (tertiary/aromatic N) is 3. The zero-order valence-corrected chi connectivity index (χ0v) is 12.7. The number of H-pyrrole nitrogens is 1. The maximum absolute atomic E-state index is 12.2. The lowest BCUT2D eigenvalue weighted by Gasteiger charge is -2.10. The van der Waals surface area contributed by atoms with Crippen molar-refractivity contribution in [1.82, 2.24) is 25.3 Å². The third-order valence-electron chi connectivity index (χ3n) is 3.32. The predicted molar refractivity (Wildman–Crippen MR) is 88.7 cm³/mol. The van der Waals surface area contributed by atoms with Crippen LogP contribution in [0.5, 0.6) is 0 Å². The van der Waals surface area contributed by atoms with Gasteiger partial charge in [0.2, 0.25) is 0 Å². The van der Waals surface area contributed by atoms with Crippen LogP contribution in [0.4, 0.5) is 0 Å². The standard InChI is InChI=1S/C17H17N5O/c1-12(6-4-8-13-7-2-3-10-18-13)20-17(23)16-21-14-9-5-11-19-15(14)22-16/h2-5,7-12H,6H2,1H3,(H,20,23)(H,19,21,22)/b8-4+/t12-/m0/s1.